The number of hydrogen-bond donors (Lipinski definition) is 2. The van der Waals surface area contributed by atoms with Crippen molar-refractivity contribution in [3.63, 3.8) is 0 Å². The van der Waals surface area contributed by atoms with Crippen LogP contribution < -0.4 is 5.32 Å². The van der Waals surface area contributed by atoms with Crippen molar-refractivity contribution < 1.29 is 4.79 Å². The maximum atomic E-state index is 11.7. The number of amides is 1. The molecule has 2 heterocycles. The number of hydrogen-bond acceptors (Lipinski definition) is 5. The van der Waals surface area contributed by atoms with Crippen molar-refractivity contribution >= 4 is 29.1 Å². The SMILES string of the molecule is O=C(NCc1ncn[nH]1)c1cc(Cl)nnc1Cl. The summed E-state index contributed by atoms with van der Waals surface area (Å²) in [6.07, 6.45) is 1.35. The van der Waals surface area contributed by atoms with Crippen molar-refractivity contribution in [1.29, 1.82) is 0 Å². The Balaban J connectivity index is 2.07. The molecule has 0 fully saturated rings. The first-order chi connectivity index (χ1) is 8.16. The molecule has 88 valence electrons. The van der Waals surface area contributed by atoms with Gasteiger partial charge in [0.25, 0.3) is 5.91 Å². The highest BCUT2D eigenvalue weighted by Crippen LogP contribution is 2.15. The van der Waals surface area contributed by atoms with Crippen LogP contribution in [-0.4, -0.2) is 31.3 Å². The third-order valence-corrected chi connectivity index (χ3v) is 2.31. The fourth-order valence-corrected chi connectivity index (χ4v) is 1.41. The van der Waals surface area contributed by atoms with Crippen molar-refractivity contribution in [2.75, 3.05) is 0 Å². The van der Waals surface area contributed by atoms with E-state index in [-0.39, 0.29) is 22.4 Å². The molecule has 1 amide bonds. The Labute approximate surface area is 106 Å². The van der Waals surface area contributed by atoms with Crippen LogP contribution >= 0.6 is 23.2 Å². The summed E-state index contributed by atoms with van der Waals surface area (Å²) < 4.78 is 0. The fraction of sp³-hybridized carbons (Fsp3) is 0.125. The second-order valence-corrected chi connectivity index (χ2v) is 3.73. The largest absolute Gasteiger partial charge is 0.345 e. The van der Waals surface area contributed by atoms with Gasteiger partial charge in [0.05, 0.1) is 12.1 Å². The highest BCUT2D eigenvalue weighted by Gasteiger charge is 2.13. The smallest absolute Gasteiger partial charge is 0.254 e. The number of nitrogens with zero attached hydrogens (tertiary/aromatic N) is 4. The van der Waals surface area contributed by atoms with Crippen molar-refractivity contribution in [2.45, 2.75) is 6.54 Å². The Morgan fingerprint density at radius 2 is 2.24 bits per heavy atom. The molecule has 17 heavy (non-hydrogen) atoms. The number of carbonyl (C=O) groups is 1. The van der Waals surface area contributed by atoms with Crippen LogP contribution in [0, 0.1) is 0 Å². The molecule has 0 aliphatic carbocycles. The number of rotatable bonds is 3. The lowest BCUT2D eigenvalue weighted by Crippen LogP contribution is -2.24. The van der Waals surface area contributed by atoms with Crippen LogP contribution in [0.2, 0.25) is 10.3 Å². The zero-order valence-corrected chi connectivity index (χ0v) is 9.83. The molecule has 2 aromatic heterocycles. The van der Waals surface area contributed by atoms with Crippen LogP contribution in [0.25, 0.3) is 0 Å². The quantitative estimate of drug-likeness (QED) is 0.863. The minimum Gasteiger partial charge on any atom is -0.345 e. The first kappa shape index (κ1) is 11.7. The van der Waals surface area contributed by atoms with Crippen molar-refractivity contribution in [1.82, 2.24) is 30.7 Å². The van der Waals surface area contributed by atoms with Gasteiger partial charge in [-0.15, -0.1) is 10.2 Å². The second kappa shape index (κ2) is 5.07. The fourth-order valence-electron chi connectivity index (χ4n) is 1.09. The van der Waals surface area contributed by atoms with Gasteiger partial charge in [-0.25, -0.2) is 4.98 Å². The van der Waals surface area contributed by atoms with E-state index in [0.29, 0.717) is 5.82 Å². The first-order valence-electron chi connectivity index (χ1n) is 4.48. The molecule has 9 heteroatoms. The number of carbonyl (C=O) groups excluding carboxylic acids is 1. The Hall–Kier alpha value is -1.73. The molecular weight excluding hydrogens is 267 g/mol. The minimum atomic E-state index is -0.414. The summed E-state index contributed by atoms with van der Waals surface area (Å²) in [4.78, 5) is 15.6. The molecule has 0 bridgehead atoms. The molecule has 0 spiro atoms. The van der Waals surface area contributed by atoms with Crippen LogP contribution in [0.1, 0.15) is 16.2 Å². The summed E-state index contributed by atoms with van der Waals surface area (Å²) in [7, 11) is 0. The van der Waals surface area contributed by atoms with Gasteiger partial charge in [0.1, 0.15) is 12.2 Å². The summed E-state index contributed by atoms with van der Waals surface area (Å²) >= 11 is 11.3. The minimum absolute atomic E-state index is 0.00975. The highest BCUT2D eigenvalue weighted by atomic mass is 35.5. The molecule has 0 radical (unpaired) electrons. The molecule has 2 aromatic rings. The van der Waals surface area contributed by atoms with E-state index in [9.17, 15) is 4.79 Å². The van der Waals surface area contributed by atoms with Crippen LogP contribution in [0.15, 0.2) is 12.4 Å². The van der Waals surface area contributed by atoms with E-state index in [1.165, 1.54) is 12.4 Å². The Kier molecular flexibility index (Phi) is 3.50. The molecule has 0 aromatic carbocycles. The summed E-state index contributed by atoms with van der Waals surface area (Å²) in [5.74, 6) is 0.116. The van der Waals surface area contributed by atoms with Gasteiger partial charge in [0, 0.05) is 0 Å². The van der Waals surface area contributed by atoms with Gasteiger partial charge < -0.3 is 5.32 Å². The van der Waals surface area contributed by atoms with Crippen molar-refractivity contribution in [3.05, 3.63) is 34.1 Å². The average molecular weight is 273 g/mol. The summed E-state index contributed by atoms with van der Waals surface area (Å²) in [5, 5.41) is 16.0. The normalized spacial score (nSPS) is 10.2. The molecular formula is C8H6Cl2N6O. The third kappa shape index (κ3) is 2.89. The van der Waals surface area contributed by atoms with Crippen molar-refractivity contribution in [2.24, 2.45) is 0 Å². The molecule has 0 atom stereocenters. The van der Waals surface area contributed by atoms with Crippen LogP contribution in [-0.2, 0) is 6.54 Å². The third-order valence-electron chi connectivity index (χ3n) is 1.84. The average Bonchev–Trinajstić information content (AvgIpc) is 2.82. The van der Waals surface area contributed by atoms with Gasteiger partial charge >= 0.3 is 0 Å². The molecule has 2 N–H and O–H groups in total. The number of aromatic amines is 1. The predicted octanol–water partition coefficient (Wildman–Crippen LogP) is 0.831. The lowest BCUT2D eigenvalue weighted by molar-refractivity contribution is 0.0949. The van der Waals surface area contributed by atoms with E-state index in [1.54, 1.807) is 0 Å². The summed E-state index contributed by atoms with van der Waals surface area (Å²) in [5.41, 5.74) is 0.159. The van der Waals surface area contributed by atoms with Gasteiger partial charge in [-0.1, -0.05) is 23.2 Å². The zero-order chi connectivity index (χ0) is 12.3. The van der Waals surface area contributed by atoms with Gasteiger partial charge in [0.2, 0.25) is 0 Å². The second-order valence-electron chi connectivity index (χ2n) is 2.99. The van der Waals surface area contributed by atoms with Crippen LogP contribution in [0.4, 0.5) is 0 Å². The molecule has 0 aliphatic heterocycles. The van der Waals surface area contributed by atoms with E-state index >= 15 is 0 Å². The Bertz CT molecular complexity index is 529. The van der Waals surface area contributed by atoms with Gasteiger partial charge in [-0.3, -0.25) is 9.89 Å². The lowest BCUT2D eigenvalue weighted by atomic mass is 10.3. The molecule has 0 unspecified atom stereocenters. The van der Waals surface area contributed by atoms with Crippen LogP contribution in [0.3, 0.4) is 0 Å². The monoisotopic (exact) mass is 272 g/mol. The topological polar surface area (TPSA) is 96.5 Å². The van der Waals surface area contributed by atoms with E-state index in [4.69, 9.17) is 23.2 Å². The number of H-pyrrole nitrogens is 1. The van der Waals surface area contributed by atoms with E-state index in [0.717, 1.165) is 0 Å². The maximum absolute atomic E-state index is 11.7. The molecule has 7 nitrogen and oxygen atoms in total. The van der Waals surface area contributed by atoms with Gasteiger partial charge in [-0.05, 0) is 6.07 Å². The molecule has 0 saturated carbocycles. The molecule has 0 saturated heterocycles. The zero-order valence-electron chi connectivity index (χ0n) is 8.31. The maximum Gasteiger partial charge on any atom is 0.254 e. The number of halogens is 2. The molecule has 0 aliphatic rings. The lowest BCUT2D eigenvalue weighted by Gasteiger charge is -2.04. The predicted molar refractivity (Wildman–Crippen MR) is 59.6 cm³/mol. The first-order valence-corrected chi connectivity index (χ1v) is 5.23. The standard InChI is InChI=1S/C8H6Cl2N6O/c9-5-1-4(7(10)16-14-5)8(17)11-2-6-12-3-13-15-6/h1,3H,2H2,(H,11,17)(H,12,13,15). The van der Waals surface area contributed by atoms with E-state index in [2.05, 4.69) is 30.7 Å². The van der Waals surface area contributed by atoms with E-state index < -0.39 is 5.91 Å². The molecule has 2 rings (SSSR count). The number of aromatic nitrogens is 5. The van der Waals surface area contributed by atoms with Gasteiger partial charge in [-0.2, -0.15) is 5.10 Å². The Morgan fingerprint density at radius 1 is 1.41 bits per heavy atom. The Morgan fingerprint density at radius 3 is 2.94 bits per heavy atom. The number of nitrogens with one attached hydrogen (secondary N) is 2. The highest BCUT2D eigenvalue weighted by molar-refractivity contribution is 6.34. The summed E-state index contributed by atoms with van der Waals surface area (Å²) in [6, 6.07) is 1.34. The van der Waals surface area contributed by atoms with Crippen molar-refractivity contribution in [3.8, 4) is 0 Å². The van der Waals surface area contributed by atoms with Gasteiger partial charge in [0.15, 0.2) is 10.3 Å². The van der Waals surface area contributed by atoms with Crippen LogP contribution in [0.5, 0.6) is 0 Å². The van der Waals surface area contributed by atoms with E-state index in [1.807, 2.05) is 0 Å². The summed E-state index contributed by atoms with van der Waals surface area (Å²) in [6.45, 7) is 0.203.